The van der Waals surface area contributed by atoms with Gasteiger partial charge in [-0.05, 0) is 34.1 Å². The van der Waals surface area contributed by atoms with Crippen LogP contribution in [0.3, 0.4) is 0 Å². The number of hydrogen-bond donors (Lipinski definition) is 5. The van der Waals surface area contributed by atoms with Gasteiger partial charge in [0.15, 0.2) is 11.6 Å². The minimum Gasteiger partial charge on any atom is -0.507 e. The summed E-state index contributed by atoms with van der Waals surface area (Å²) in [6, 6.07) is 0. The van der Waals surface area contributed by atoms with Crippen LogP contribution in [0, 0.1) is 12.8 Å². The van der Waals surface area contributed by atoms with Gasteiger partial charge in [0.05, 0.1) is 7.11 Å². The number of hydrogen-bond acceptors (Lipinski definition) is 8. The maximum absolute atomic E-state index is 12.9. The van der Waals surface area contributed by atoms with Gasteiger partial charge in [0.1, 0.15) is 45.6 Å². The molecule has 2 aromatic rings. The normalized spacial score (nSPS) is 10.9. The second kappa shape index (κ2) is 10.1. The standard InChI is InChI=1S/C26H32O8/c1-11(2)8-9-15-22(30)16(24(32)19(23(15)31)20(28)12(3)4)10-17-25(33)18(14(6)27)21(29)13(5)26(17)34-7/h8,12,29-33H,9-10H2,1-7H3. The molecule has 0 saturated heterocycles. The number of rotatable bonds is 8. The van der Waals surface area contributed by atoms with Crippen molar-refractivity contribution < 1.29 is 39.9 Å². The molecule has 34 heavy (non-hydrogen) atoms. The highest BCUT2D eigenvalue weighted by molar-refractivity contribution is 6.04. The van der Waals surface area contributed by atoms with Gasteiger partial charge in [0, 0.05) is 34.6 Å². The van der Waals surface area contributed by atoms with E-state index in [-0.39, 0.29) is 52.0 Å². The van der Waals surface area contributed by atoms with Crippen molar-refractivity contribution in [1.29, 1.82) is 0 Å². The summed E-state index contributed by atoms with van der Waals surface area (Å²) in [6.45, 7) is 9.56. The minimum atomic E-state index is -0.633. The van der Waals surface area contributed by atoms with Gasteiger partial charge < -0.3 is 30.3 Å². The predicted octanol–water partition coefficient (Wildman–Crippen LogP) is 4.67. The molecular weight excluding hydrogens is 440 g/mol. The van der Waals surface area contributed by atoms with Crippen molar-refractivity contribution in [2.75, 3.05) is 7.11 Å². The Kier molecular flexibility index (Phi) is 7.87. The topological polar surface area (TPSA) is 145 Å². The third-order valence-corrected chi connectivity index (χ3v) is 5.74. The summed E-state index contributed by atoms with van der Waals surface area (Å²) in [5.74, 6) is -4.25. The Morgan fingerprint density at radius 1 is 0.824 bits per heavy atom. The highest BCUT2D eigenvalue weighted by atomic mass is 16.5. The van der Waals surface area contributed by atoms with E-state index in [1.807, 2.05) is 13.8 Å². The van der Waals surface area contributed by atoms with Gasteiger partial charge in [0.2, 0.25) is 0 Å². The van der Waals surface area contributed by atoms with E-state index in [9.17, 15) is 35.1 Å². The fourth-order valence-corrected chi connectivity index (χ4v) is 3.85. The van der Waals surface area contributed by atoms with E-state index in [2.05, 4.69) is 0 Å². The summed E-state index contributed by atoms with van der Waals surface area (Å²) in [5, 5.41) is 54.1. The third kappa shape index (κ3) is 4.66. The molecule has 0 fully saturated rings. The van der Waals surface area contributed by atoms with Gasteiger partial charge in [-0.3, -0.25) is 9.59 Å². The van der Waals surface area contributed by atoms with E-state index in [0.717, 1.165) is 5.57 Å². The monoisotopic (exact) mass is 472 g/mol. The lowest BCUT2D eigenvalue weighted by atomic mass is 9.88. The van der Waals surface area contributed by atoms with Gasteiger partial charge in [-0.1, -0.05) is 25.5 Å². The quantitative estimate of drug-likeness (QED) is 0.275. The van der Waals surface area contributed by atoms with Crippen molar-refractivity contribution >= 4 is 11.6 Å². The molecule has 0 atom stereocenters. The van der Waals surface area contributed by atoms with Crippen LogP contribution in [0.15, 0.2) is 11.6 Å². The zero-order valence-electron chi connectivity index (χ0n) is 20.5. The highest BCUT2D eigenvalue weighted by Gasteiger charge is 2.31. The van der Waals surface area contributed by atoms with E-state index in [0.29, 0.717) is 0 Å². The maximum atomic E-state index is 12.9. The SMILES string of the molecule is COc1c(C)c(O)c(C(C)=O)c(O)c1Cc1c(O)c(CC=C(C)C)c(O)c(C(=O)C(C)C)c1O. The molecular formula is C26H32O8. The minimum absolute atomic E-state index is 0.0235. The first-order valence-electron chi connectivity index (χ1n) is 10.8. The van der Waals surface area contributed by atoms with Gasteiger partial charge in [-0.15, -0.1) is 0 Å². The van der Waals surface area contributed by atoms with Gasteiger partial charge in [-0.2, -0.15) is 0 Å². The molecule has 0 aliphatic carbocycles. The largest absolute Gasteiger partial charge is 0.507 e. The number of Topliss-reactive ketones (excluding diaryl/α,β-unsaturated/α-hetero) is 2. The first-order chi connectivity index (χ1) is 15.8. The van der Waals surface area contributed by atoms with Crippen molar-refractivity contribution in [2.24, 2.45) is 5.92 Å². The summed E-state index contributed by atoms with van der Waals surface area (Å²) < 4.78 is 5.35. The average molecular weight is 473 g/mol. The Morgan fingerprint density at radius 2 is 1.35 bits per heavy atom. The van der Waals surface area contributed by atoms with Gasteiger partial charge in [-0.25, -0.2) is 0 Å². The first kappa shape index (κ1) is 26.6. The molecule has 0 radical (unpaired) electrons. The molecule has 0 spiro atoms. The molecule has 0 unspecified atom stereocenters. The molecule has 0 bridgehead atoms. The number of ether oxygens (including phenoxy) is 1. The van der Waals surface area contributed by atoms with Crippen LogP contribution in [0.1, 0.15) is 77.6 Å². The molecule has 0 aliphatic heterocycles. The highest BCUT2D eigenvalue weighted by Crippen LogP contribution is 2.48. The molecule has 184 valence electrons. The van der Waals surface area contributed by atoms with E-state index < -0.39 is 46.2 Å². The van der Waals surface area contributed by atoms with Crippen LogP contribution in [-0.2, 0) is 12.8 Å². The van der Waals surface area contributed by atoms with E-state index in [1.54, 1.807) is 19.9 Å². The van der Waals surface area contributed by atoms with E-state index in [1.165, 1.54) is 21.0 Å². The molecule has 8 heteroatoms. The number of phenols is 5. The van der Waals surface area contributed by atoms with Crippen LogP contribution in [0.25, 0.3) is 0 Å². The lowest BCUT2D eigenvalue weighted by molar-refractivity contribution is 0.0932. The Balaban J connectivity index is 2.94. The molecule has 8 nitrogen and oxygen atoms in total. The Labute approximate surface area is 198 Å². The van der Waals surface area contributed by atoms with Crippen LogP contribution < -0.4 is 4.74 Å². The summed E-state index contributed by atoms with van der Waals surface area (Å²) in [7, 11) is 1.31. The van der Waals surface area contributed by atoms with Gasteiger partial charge in [0.25, 0.3) is 0 Å². The van der Waals surface area contributed by atoms with Crippen molar-refractivity contribution in [3.63, 3.8) is 0 Å². The summed E-state index contributed by atoms with van der Waals surface area (Å²) >= 11 is 0. The number of phenolic OH excluding ortho intramolecular Hbond substituents is 5. The lowest BCUT2D eigenvalue weighted by Gasteiger charge is -2.21. The van der Waals surface area contributed by atoms with Crippen LogP contribution >= 0.6 is 0 Å². The number of aromatic hydroxyl groups is 5. The second-order valence-electron chi connectivity index (χ2n) is 8.82. The van der Waals surface area contributed by atoms with Crippen molar-refractivity contribution in [3.05, 3.63) is 45.0 Å². The number of ketones is 2. The second-order valence-corrected chi connectivity index (χ2v) is 8.82. The zero-order valence-corrected chi connectivity index (χ0v) is 20.5. The van der Waals surface area contributed by atoms with Crippen molar-refractivity contribution in [1.82, 2.24) is 0 Å². The first-order valence-corrected chi connectivity index (χ1v) is 10.8. The van der Waals surface area contributed by atoms with Crippen molar-refractivity contribution in [2.45, 2.75) is 54.4 Å². The average Bonchev–Trinajstić information content (AvgIpc) is 2.73. The van der Waals surface area contributed by atoms with E-state index >= 15 is 0 Å². The number of allylic oxidation sites excluding steroid dienone is 2. The predicted molar refractivity (Wildman–Crippen MR) is 128 cm³/mol. The number of methoxy groups -OCH3 is 1. The Morgan fingerprint density at radius 3 is 1.82 bits per heavy atom. The lowest BCUT2D eigenvalue weighted by Crippen LogP contribution is -2.11. The van der Waals surface area contributed by atoms with Gasteiger partial charge >= 0.3 is 0 Å². The Hall–Kier alpha value is -3.68. The molecule has 0 amide bonds. The number of benzene rings is 2. The smallest absolute Gasteiger partial charge is 0.172 e. The molecule has 2 rings (SSSR count). The molecule has 0 saturated carbocycles. The summed E-state index contributed by atoms with van der Waals surface area (Å²) in [4.78, 5) is 25.0. The van der Waals surface area contributed by atoms with Crippen LogP contribution in [0.4, 0.5) is 0 Å². The van der Waals surface area contributed by atoms with E-state index in [4.69, 9.17) is 4.74 Å². The fraction of sp³-hybridized carbons (Fsp3) is 0.385. The summed E-state index contributed by atoms with van der Waals surface area (Å²) in [6.07, 6.45) is 1.48. The third-order valence-electron chi connectivity index (χ3n) is 5.74. The fourth-order valence-electron chi connectivity index (χ4n) is 3.85. The molecule has 5 N–H and O–H groups in total. The number of carbonyl (C=O) groups is 2. The van der Waals surface area contributed by atoms with Crippen LogP contribution in [0.2, 0.25) is 0 Å². The maximum Gasteiger partial charge on any atom is 0.172 e. The van der Waals surface area contributed by atoms with Crippen LogP contribution in [-0.4, -0.2) is 44.2 Å². The molecule has 0 heterocycles. The summed E-state index contributed by atoms with van der Waals surface area (Å²) in [5.41, 5.74) is 0.363. The number of carbonyl (C=O) groups excluding carboxylic acids is 2. The Bertz CT molecular complexity index is 1180. The van der Waals surface area contributed by atoms with Crippen LogP contribution in [0.5, 0.6) is 34.5 Å². The zero-order chi connectivity index (χ0) is 26.1. The molecule has 0 aliphatic rings. The van der Waals surface area contributed by atoms with Crippen molar-refractivity contribution in [3.8, 4) is 34.5 Å². The molecule has 0 aromatic heterocycles. The molecule has 2 aromatic carbocycles.